The van der Waals surface area contributed by atoms with Gasteiger partial charge in [0.1, 0.15) is 29.9 Å². The van der Waals surface area contributed by atoms with Gasteiger partial charge in [-0.15, -0.1) is 0 Å². The Morgan fingerprint density at radius 2 is 2.17 bits per heavy atom. The third kappa shape index (κ3) is 1.80. The lowest BCUT2D eigenvalue weighted by atomic mass is 10.1. The van der Waals surface area contributed by atoms with Crippen LogP contribution >= 0.6 is 0 Å². The number of hydrogen-bond donors (Lipinski definition) is 4. The third-order valence-corrected chi connectivity index (χ3v) is 2.89. The van der Waals surface area contributed by atoms with Crippen LogP contribution in [0.25, 0.3) is 0 Å². The first-order valence-electron chi connectivity index (χ1n) is 5.17. The number of aromatic nitrogens is 2. The molecule has 98 valence electrons. The molecule has 1 aliphatic rings. The average molecular weight is 257 g/mol. The zero-order chi connectivity index (χ0) is 13.4. The molecule has 3 atom stereocenters. The summed E-state index contributed by atoms with van der Waals surface area (Å²) in [5.41, 5.74) is 4.11. The van der Waals surface area contributed by atoms with Crippen molar-refractivity contribution in [2.24, 2.45) is 0 Å². The summed E-state index contributed by atoms with van der Waals surface area (Å²) in [6, 6.07) is -0.132. The van der Waals surface area contributed by atoms with Crippen LogP contribution in [0.2, 0.25) is 0 Å². The average Bonchev–Trinajstić information content (AvgIpc) is 2.52. The number of hydrogen-bond acceptors (Lipinski definition) is 6. The van der Waals surface area contributed by atoms with Crippen LogP contribution in [0.1, 0.15) is 6.04 Å². The standard InChI is InChI=1S/C10H12FN3O4/c11-6-4(3-15)8(16)9(17)7(6)14-2-1-5(12)13-10(14)18/h1-2,7-9,15-17H,3H2,(H2,12,13,18)/t7-,8-,9+/m1/s1. The van der Waals surface area contributed by atoms with E-state index in [-0.39, 0.29) is 11.4 Å². The first kappa shape index (κ1) is 12.7. The largest absolute Gasteiger partial charge is 0.392 e. The number of nitrogens with zero attached hydrogens (tertiary/aromatic N) is 2. The molecule has 0 saturated carbocycles. The highest BCUT2D eigenvalue weighted by molar-refractivity contribution is 5.30. The monoisotopic (exact) mass is 257 g/mol. The summed E-state index contributed by atoms with van der Waals surface area (Å²) in [5.74, 6) is -0.970. The van der Waals surface area contributed by atoms with Gasteiger partial charge in [-0.05, 0) is 6.07 Å². The lowest BCUT2D eigenvalue weighted by Gasteiger charge is -2.19. The van der Waals surface area contributed by atoms with Crippen molar-refractivity contribution in [3.63, 3.8) is 0 Å². The Bertz CT molecular complexity index is 556. The molecule has 18 heavy (non-hydrogen) atoms. The summed E-state index contributed by atoms with van der Waals surface area (Å²) in [4.78, 5) is 15.0. The predicted molar refractivity (Wildman–Crippen MR) is 59.2 cm³/mol. The normalized spacial score (nSPS) is 27.9. The second kappa shape index (κ2) is 4.48. The van der Waals surface area contributed by atoms with Crippen LogP contribution in [0.15, 0.2) is 28.5 Å². The number of rotatable bonds is 2. The van der Waals surface area contributed by atoms with Crippen LogP contribution in [0.4, 0.5) is 10.2 Å². The molecular formula is C10H12FN3O4. The van der Waals surface area contributed by atoms with Crippen molar-refractivity contribution in [1.29, 1.82) is 0 Å². The molecule has 0 amide bonds. The number of aliphatic hydroxyl groups excluding tert-OH is 3. The van der Waals surface area contributed by atoms with Gasteiger partial charge in [0.2, 0.25) is 0 Å². The van der Waals surface area contributed by atoms with Crippen LogP contribution in [-0.2, 0) is 0 Å². The minimum absolute atomic E-state index is 0.0314. The topological polar surface area (TPSA) is 122 Å². The van der Waals surface area contributed by atoms with Gasteiger partial charge in [0.15, 0.2) is 0 Å². The van der Waals surface area contributed by atoms with Gasteiger partial charge in [0.25, 0.3) is 0 Å². The highest BCUT2D eigenvalue weighted by atomic mass is 19.1. The fraction of sp³-hybridized carbons (Fsp3) is 0.400. The van der Waals surface area contributed by atoms with Crippen molar-refractivity contribution < 1.29 is 19.7 Å². The highest BCUT2D eigenvalue weighted by Crippen LogP contribution is 2.36. The van der Waals surface area contributed by atoms with Crippen molar-refractivity contribution in [3.8, 4) is 0 Å². The molecule has 5 N–H and O–H groups in total. The zero-order valence-corrected chi connectivity index (χ0v) is 9.19. The van der Waals surface area contributed by atoms with Gasteiger partial charge in [0.05, 0.1) is 6.61 Å². The van der Waals surface area contributed by atoms with Gasteiger partial charge in [0, 0.05) is 11.8 Å². The number of aliphatic hydroxyl groups is 3. The summed E-state index contributed by atoms with van der Waals surface area (Å²) in [6.45, 7) is -0.738. The van der Waals surface area contributed by atoms with Crippen molar-refractivity contribution in [3.05, 3.63) is 34.1 Å². The first-order valence-corrected chi connectivity index (χ1v) is 5.17. The molecule has 8 heteroatoms. The fourth-order valence-electron chi connectivity index (χ4n) is 1.95. The van der Waals surface area contributed by atoms with Crippen LogP contribution in [-0.4, -0.2) is 43.7 Å². The van der Waals surface area contributed by atoms with E-state index < -0.39 is 36.4 Å². The number of nitrogen functional groups attached to an aromatic ring is 1. The number of anilines is 1. The van der Waals surface area contributed by atoms with Crippen LogP contribution < -0.4 is 11.4 Å². The summed E-state index contributed by atoms with van der Waals surface area (Å²) < 4.78 is 14.7. The Balaban J connectivity index is 2.51. The minimum atomic E-state index is -1.56. The van der Waals surface area contributed by atoms with Gasteiger partial charge in [-0.1, -0.05) is 0 Å². The molecule has 2 rings (SSSR count). The maximum Gasteiger partial charge on any atom is 0.350 e. The van der Waals surface area contributed by atoms with E-state index >= 15 is 0 Å². The molecule has 1 aromatic rings. The van der Waals surface area contributed by atoms with Crippen molar-refractivity contribution in [1.82, 2.24) is 9.55 Å². The van der Waals surface area contributed by atoms with E-state index in [1.807, 2.05) is 0 Å². The Hall–Kier alpha value is -1.77. The van der Waals surface area contributed by atoms with Crippen LogP contribution in [0, 0.1) is 0 Å². The zero-order valence-electron chi connectivity index (χ0n) is 9.19. The van der Waals surface area contributed by atoms with Crippen molar-refractivity contribution in [2.45, 2.75) is 18.2 Å². The smallest absolute Gasteiger partial charge is 0.350 e. The van der Waals surface area contributed by atoms with Gasteiger partial charge < -0.3 is 21.1 Å². The Morgan fingerprint density at radius 3 is 2.67 bits per heavy atom. The van der Waals surface area contributed by atoms with Crippen molar-refractivity contribution in [2.75, 3.05) is 12.3 Å². The Kier molecular flexibility index (Phi) is 3.16. The van der Waals surface area contributed by atoms with Gasteiger partial charge >= 0.3 is 5.69 Å². The van der Waals surface area contributed by atoms with E-state index in [1.54, 1.807) is 0 Å². The molecule has 7 nitrogen and oxygen atoms in total. The maximum absolute atomic E-state index is 13.9. The molecule has 0 fully saturated rings. The highest BCUT2D eigenvalue weighted by Gasteiger charge is 2.43. The molecule has 1 heterocycles. The van der Waals surface area contributed by atoms with E-state index in [0.717, 1.165) is 4.57 Å². The van der Waals surface area contributed by atoms with E-state index in [4.69, 9.17) is 10.8 Å². The van der Waals surface area contributed by atoms with E-state index in [0.29, 0.717) is 0 Å². The molecule has 1 aliphatic carbocycles. The number of nitrogens with two attached hydrogens (primary N) is 1. The first-order chi connectivity index (χ1) is 8.47. The van der Waals surface area contributed by atoms with E-state index in [1.165, 1.54) is 12.3 Å². The predicted octanol–water partition coefficient (Wildman–Crippen LogP) is -1.68. The Labute approximate surface area is 101 Å². The lowest BCUT2D eigenvalue weighted by molar-refractivity contribution is 0.0244. The third-order valence-electron chi connectivity index (χ3n) is 2.89. The molecule has 0 bridgehead atoms. The molecule has 0 aliphatic heterocycles. The summed E-state index contributed by atoms with van der Waals surface area (Å²) in [5, 5.41) is 28.2. The molecule has 0 spiro atoms. The van der Waals surface area contributed by atoms with Crippen molar-refractivity contribution >= 4 is 5.82 Å². The van der Waals surface area contributed by atoms with Gasteiger partial charge in [-0.2, -0.15) is 4.98 Å². The summed E-state index contributed by atoms with van der Waals surface area (Å²) >= 11 is 0. The molecule has 0 saturated heterocycles. The minimum Gasteiger partial charge on any atom is -0.392 e. The molecule has 1 aromatic heterocycles. The lowest BCUT2D eigenvalue weighted by Crippen LogP contribution is -2.36. The maximum atomic E-state index is 13.9. The van der Waals surface area contributed by atoms with Crippen LogP contribution in [0.5, 0.6) is 0 Å². The summed E-state index contributed by atoms with van der Waals surface area (Å²) in [7, 11) is 0. The number of halogens is 1. The summed E-state index contributed by atoms with van der Waals surface area (Å²) in [6.07, 6.45) is -1.94. The molecule has 0 aromatic carbocycles. The Morgan fingerprint density at radius 1 is 1.50 bits per heavy atom. The molecule has 0 radical (unpaired) electrons. The second-order valence-electron chi connectivity index (χ2n) is 3.95. The molecule has 0 unspecified atom stereocenters. The van der Waals surface area contributed by atoms with Gasteiger partial charge in [-0.3, -0.25) is 4.57 Å². The SMILES string of the molecule is Nc1ccn([C@@H]2C(F)=C(CO)[C@@H](O)[C@H]2O)c(=O)n1. The van der Waals surface area contributed by atoms with E-state index in [2.05, 4.69) is 4.98 Å². The quantitative estimate of drug-likeness (QED) is 0.502. The van der Waals surface area contributed by atoms with E-state index in [9.17, 15) is 19.4 Å². The van der Waals surface area contributed by atoms with Gasteiger partial charge in [-0.25, -0.2) is 9.18 Å². The van der Waals surface area contributed by atoms with Crippen LogP contribution in [0.3, 0.4) is 0 Å². The fourth-order valence-corrected chi connectivity index (χ4v) is 1.95. The molecular weight excluding hydrogens is 245 g/mol. The second-order valence-corrected chi connectivity index (χ2v) is 3.95.